The molecule has 1 aliphatic heterocycles. The van der Waals surface area contributed by atoms with E-state index in [9.17, 15) is 4.39 Å². The minimum atomic E-state index is -0.392. The van der Waals surface area contributed by atoms with Gasteiger partial charge in [-0.15, -0.1) is 0 Å². The summed E-state index contributed by atoms with van der Waals surface area (Å²) in [7, 11) is 0. The molecule has 0 saturated carbocycles. The van der Waals surface area contributed by atoms with Crippen LogP contribution in [0, 0.1) is 5.82 Å². The molecule has 0 saturated heterocycles. The summed E-state index contributed by atoms with van der Waals surface area (Å²) < 4.78 is 25.0. The molecular formula is C16H11ClFNO2. The first-order valence-corrected chi connectivity index (χ1v) is 6.96. The van der Waals surface area contributed by atoms with Gasteiger partial charge in [-0.2, -0.15) is 0 Å². The standard InChI is InChI=1S/C16H11ClFNO2/c17-11-6-10(18)7-12-16(11)21-15(8-19-12)14-5-9-3-1-2-4-13(9)20-14/h1-7,15,19H,8H2. The van der Waals surface area contributed by atoms with E-state index in [4.69, 9.17) is 20.8 Å². The third kappa shape index (κ3) is 2.12. The highest BCUT2D eigenvalue weighted by Gasteiger charge is 2.26. The summed E-state index contributed by atoms with van der Waals surface area (Å²) in [5, 5.41) is 4.40. The molecule has 2 heterocycles. The Balaban J connectivity index is 1.71. The normalized spacial score (nSPS) is 17.1. The zero-order chi connectivity index (χ0) is 14.4. The molecule has 4 rings (SSSR count). The Morgan fingerprint density at radius 1 is 1.19 bits per heavy atom. The third-order valence-corrected chi connectivity index (χ3v) is 3.79. The van der Waals surface area contributed by atoms with Crippen LogP contribution in [0.5, 0.6) is 5.75 Å². The monoisotopic (exact) mass is 303 g/mol. The van der Waals surface area contributed by atoms with Gasteiger partial charge in [0, 0.05) is 11.5 Å². The molecule has 2 aromatic carbocycles. The average molecular weight is 304 g/mol. The van der Waals surface area contributed by atoms with Crippen LogP contribution < -0.4 is 10.1 Å². The zero-order valence-electron chi connectivity index (χ0n) is 10.9. The van der Waals surface area contributed by atoms with E-state index in [-0.39, 0.29) is 11.1 Å². The molecule has 21 heavy (non-hydrogen) atoms. The molecule has 1 atom stereocenters. The predicted molar refractivity (Wildman–Crippen MR) is 79.5 cm³/mol. The lowest BCUT2D eigenvalue weighted by Crippen LogP contribution is -2.23. The van der Waals surface area contributed by atoms with Crippen LogP contribution in [-0.4, -0.2) is 6.54 Å². The zero-order valence-corrected chi connectivity index (χ0v) is 11.7. The molecule has 0 fully saturated rings. The number of para-hydroxylation sites is 1. The molecule has 1 N–H and O–H groups in total. The number of ether oxygens (including phenoxy) is 1. The number of nitrogens with one attached hydrogen (secondary N) is 1. The maximum absolute atomic E-state index is 13.3. The van der Waals surface area contributed by atoms with Crippen LogP contribution >= 0.6 is 11.6 Å². The quantitative estimate of drug-likeness (QED) is 0.703. The van der Waals surface area contributed by atoms with Crippen LogP contribution in [0.25, 0.3) is 11.0 Å². The summed E-state index contributed by atoms with van der Waals surface area (Å²) in [6, 6.07) is 12.3. The molecule has 3 nitrogen and oxygen atoms in total. The lowest BCUT2D eigenvalue weighted by molar-refractivity contribution is 0.183. The summed E-state index contributed by atoms with van der Waals surface area (Å²) in [5.74, 6) is 0.779. The second-order valence-electron chi connectivity index (χ2n) is 4.94. The van der Waals surface area contributed by atoms with Crippen molar-refractivity contribution in [2.24, 2.45) is 0 Å². The smallest absolute Gasteiger partial charge is 0.173 e. The van der Waals surface area contributed by atoms with E-state index >= 15 is 0 Å². The summed E-state index contributed by atoms with van der Waals surface area (Å²) >= 11 is 6.04. The van der Waals surface area contributed by atoms with Gasteiger partial charge in [0.05, 0.1) is 17.3 Å². The number of fused-ring (bicyclic) bond motifs is 2. The average Bonchev–Trinajstić information content (AvgIpc) is 2.90. The van der Waals surface area contributed by atoms with Crippen LogP contribution in [-0.2, 0) is 0 Å². The SMILES string of the molecule is Fc1cc(Cl)c2c(c1)NCC(c1cc3ccccc3o1)O2. The van der Waals surface area contributed by atoms with Gasteiger partial charge in [0.15, 0.2) is 11.9 Å². The van der Waals surface area contributed by atoms with E-state index in [1.54, 1.807) is 0 Å². The van der Waals surface area contributed by atoms with Crippen LogP contribution in [0.1, 0.15) is 11.9 Å². The van der Waals surface area contributed by atoms with Crippen molar-refractivity contribution in [1.82, 2.24) is 0 Å². The molecular weight excluding hydrogens is 293 g/mol. The van der Waals surface area contributed by atoms with Crippen LogP contribution in [0.2, 0.25) is 5.02 Å². The Kier molecular flexibility index (Phi) is 2.79. The fourth-order valence-corrected chi connectivity index (χ4v) is 2.77. The molecule has 0 aliphatic carbocycles. The molecule has 3 aromatic rings. The van der Waals surface area contributed by atoms with Crippen molar-refractivity contribution >= 4 is 28.3 Å². The molecule has 0 amide bonds. The molecule has 0 radical (unpaired) electrons. The molecule has 1 aliphatic rings. The molecule has 1 unspecified atom stereocenters. The Morgan fingerprint density at radius 2 is 2.05 bits per heavy atom. The first kappa shape index (κ1) is 12.5. The van der Waals surface area contributed by atoms with Crippen LogP contribution in [0.4, 0.5) is 10.1 Å². The number of hydrogen-bond donors (Lipinski definition) is 1. The highest BCUT2D eigenvalue weighted by atomic mass is 35.5. The summed E-state index contributed by atoms with van der Waals surface area (Å²) in [6.45, 7) is 0.493. The minimum absolute atomic E-state index is 0.248. The fraction of sp³-hybridized carbons (Fsp3) is 0.125. The van der Waals surface area contributed by atoms with E-state index in [1.807, 2.05) is 30.3 Å². The molecule has 0 bridgehead atoms. The van der Waals surface area contributed by atoms with E-state index in [1.165, 1.54) is 12.1 Å². The lowest BCUT2D eigenvalue weighted by Gasteiger charge is -2.26. The maximum atomic E-state index is 13.3. The van der Waals surface area contributed by atoms with Gasteiger partial charge in [0.1, 0.15) is 17.2 Å². The van der Waals surface area contributed by atoms with E-state index in [2.05, 4.69) is 5.32 Å². The first-order valence-electron chi connectivity index (χ1n) is 6.59. The number of anilines is 1. The van der Waals surface area contributed by atoms with Crippen molar-refractivity contribution in [2.75, 3.05) is 11.9 Å². The van der Waals surface area contributed by atoms with Crippen molar-refractivity contribution in [3.05, 3.63) is 59.1 Å². The topological polar surface area (TPSA) is 34.4 Å². The Bertz CT molecular complexity index is 797. The summed E-state index contributed by atoms with van der Waals surface area (Å²) in [6.07, 6.45) is -0.298. The third-order valence-electron chi connectivity index (χ3n) is 3.51. The number of hydrogen-bond acceptors (Lipinski definition) is 3. The van der Waals surface area contributed by atoms with Gasteiger partial charge in [0.2, 0.25) is 0 Å². The van der Waals surface area contributed by atoms with Crippen molar-refractivity contribution in [1.29, 1.82) is 0 Å². The van der Waals surface area contributed by atoms with Crippen LogP contribution in [0.3, 0.4) is 0 Å². The Morgan fingerprint density at radius 3 is 2.90 bits per heavy atom. The number of benzene rings is 2. The van der Waals surface area contributed by atoms with Crippen molar-refractivity contribution in [3.8, 4) is 5.75 Å². The van der Waals surface area contributed by atoms with Crippen molar-refractivity contribution < 1.29 is 13.5 Å². The molecule has 1 aromatic heterocycles. The van der Waals surface area contributed by atoms with Gasteiger partial charge < -0.3 is 14.5 Å². The molecule has 0 spiro atoms. The Labute approximate surface area is 125 Å². The number of halogens is 2. The predicted octanol–water partition coefficient (Wildman–Crippen LogP) is 4.77. The number of rotatable bonds is 1. The highest BCUT2D eigenvalue weighted by molar-refractivity contribution is 6.32. The lowest BCUT2D eigenvalue weighted by atomic mass is 10.1. The van der Waals surface area contributed by atoms with Gasteiger partial charge in [0.25, 0.3) is 0 Å². The van der Waals surface area contributed by atoms with Crippen molar-refractivity contribution in [3.63, 3.8) is 0 Å². The summed E-state index contributed by atoms with van der Waals surface area (Å²) in [5.41, 5.74) is 1.37. The van der Waals surface area contributed by atoms with Gasteiger partial charge in [-0.1, -0.05) is 29.8 Å². The molecule has 106 valence electrons. The van der Waals surface area contributed by atoms with Gasteiger partial charge >= 0.3 is 0 Å². The number of furan rings is 1. The summed E-state index contributed by atoms with van der Waals surface area (Å²) in [4.78, 5) is 0. The minimum Gasteiger partial charge on any atom is -0.477 e. The molecule has 5 heteroatoms. The largest absolute Gasteiger partial charge is 0.477 e. The van der Waals surface area contributed by atoms with E-state index in [0.29, 0.717) is 18.0 Å². The van der Waals surface area contributed by atoms with E-state index in [0.717, 1.165) is 16.7 Å². The van der Waals surface area contributed by atoms with Gasteiger partial charge in [-0.3, -0.25) is 0 Å². The van der Waals surface area contributed by atoms with Crippen LogP contribution in [0.15, 0.2) is 46.9 Å². The fourth-order valence-electron chi connectivity index (χ4n) is 2.52. The van der Waals surface area contributed by atoms with E-state index < -0.39 is 5.82 Å². The second kappa shape index (κ2) is 4.67. The van der Waals surface area contributed by atoms with Gasteiger partial charge in [-0.05, 0) is 18.2 Å². The maximum Gasteiger partial charge on any atom is 0.173 e. The highest BCUT2D eigenvalue weighted by Crippen LogP contribution is 2.41. The second-order valence-corrected chi connectivity index (χ2v) is 5.35. The van der Waals surface area contributed by atoms with Crippen molar-refractivity contribution in [2.45, 2.75) is 6.10 Å². The first-order chi connectivity index (χ1) is 10.2. The van der Waals surface area contributed by atoms with Gasteiger partial charge in [-0.25, -0.2) is 4.39 Å². The Hall–Kier alpha value is -2.20.